The number of methoxy groups -OCH3 is 1. The number of ether oxygens (including phenoxy) is 1. The molecule has 134 valence electrons. The number of amides is 1. The highest BCUT2D eigenvalue weighted by molar-refractivity contribution is 5.94. The normalized spacial score (nSPS) is 10.7. The second-order valence-corrected chi connectivity index (χ2v) is 6.21. The summed E-state index contributed by atoms with van der Waals surface area (Å²) in [6, 6.07) is 14.4. The number of nitrogens with one attached hydrogen (secondary N) is 1. The van der Waals surface area contributed by atoms with Crippen LogP contribution in [-0.4, -0.2) is 37.2 Å². The average Bonchev–Trinajstić information content (AvgIpc) is 2.64. The first-order chi connectivity index (χ1) is 12.1. The maximum absolute atomic E-state index is 12.1. The van der Waals surface area contributed by atoms with E-state index in [0.717, 1.165) is 18.8 Å². The Labute approximate surface area is 150 Å². The summed E-state index contributed by atoms with van der Waals surface area (Å²) >= 11 is 0. The van der Waals surface area contributed by atoms with E-state index >= 15 is 0 Å². The molecule has 0 spiro atoms. The van der Waals surface area contributed by atoms with E-state index in [9.17, 15) is 4.79 Å². The molecule has 5 nitrogen and oxygen atoms in total. The van der Waals surface area contributed by atoms with Gasteiger partial charge in [0.05, 0.1) is 5.56 Å². The van der Waals surface area contributed by atoms with Gasteiger partial charge in [0.2, 0.25) is 0 Å². The average molecular weight is 341 g/mol. The molecule has 0 unspecified atom stereocenters. The van der Waals surface area contributed by atoms with E-state index in [2.05, 4.69) is 41.2 Å². The molecule has 0 saturated heterocycles. The first-order valence-corrected chi connectivity index (χ1v) is 8.65. The number of nitrogens with zero attached hydrogens (tertiary/aromatic N) is 2. The van der Waals surface area contributed by atoms with E-state index in [1.54, 1.807) is 13.3 Å². The van der Waals surface area contributed by atoms with E-state index in [1.165, 1.54) is 5.56 Å². The minimum Gasteiger partial charge on any atom is -0.385 e. The molecule has 1 aromatic heterocycles. The van der Waals surface area contributed by atoms with E-state index in [4.69, 9.17) is 4.74 Å². The van der Waals surface area contributed by atoms with E-state index in [1.807, 2.05) is 30.3 Å². The molecule has 25 heavy (non-hydrogen) atoms. The molecule has 1 N–H and O–H groups in total. The van der Waals surface area contributed by atoms with Crippen LogP contribution in [0.1, 0.15) is 36.2 Å². The van der Waals surface area contributed by atoms with Gasteiger partial charge in [-0.3, -0.25) is 4.79 Å². The molecule has 0 saturated carbocycles. The lowest BCUT2D eigenvalue weighted by Crippen LogP contribution is -2.31. The van der Waals surface area contributed by atoms with Crippen LogP contribution in [0.25, 0.3) is 0 Å². The molecule has 2 aromatic rings. The second kappa shape index (κ2) is 9.79. The maximum atomic E-state index is 12.1. The molecule has 1 heterocycles. The van der Waals surface area contributed by atoms with Crippen molar-refractivity contribution in [2.24, 2.45) is 0 Å². The number of carbonyl (C=O) groups is 1. The fourth-order valence-electron chi connectivity index (χ4n) is 2.52. The smallest absolute Gasteiger partial charge is 0.252 e. The molecule has 0 aliphatic heterocycles. The molecule has 5 heteroatoms. The van der Waals surface area contributed by atoms with Crippen LogP contribution in [0, 0.1) is 0 Å². The Morgan fingerprint density at radius 1 is 1.20 bits per heavy atom. The Balaban J connectivity index is 2.01. The largest absolute Gasteiger partial charge is 0.385 e. The summed E-state index contributed by atoms with van der Waals surface area (Å²) < 4.78 is 4.97. The molecule has 0 radical (unpaired) electrons. The zero-order valence-corrected chi connectivity index (χ0v) is 15.2. The standard InChI is InChI=1S/C20H27N3O2/c1-16(2)23(15-17-8-5-4-6-9-17)19-11-10-18(14-22-19)20(24)21-12-7-13-25-3/h4-6,8-11,14,16H,7,12-13,15H2,1-3H3,(H,21,24). The SMILES string of the molecule is COCCCNC(=O)c1ccc(N(Cc2ccccc2)C(C)C)nc1. The summed E-state index contributed by atoms with van der Waals surface area (Å²) in [5.41, 5.74) is 1.81. The lowest BCUT2D eigenvalue weighted by molar-refractivity contribution is 0.0948. The van der Waals surface area contributed by atoms with E-state index in [0.29, 0.717) is 24.8 Å². The van der Waals surface area contributed by atoms with Crippen LogP contribution in [-0.2, 0) is 11.3 Å². The van der Waals surface area contributed by atoms with Gasteiger partial charge in [0.1, 0.15) is 5.82 Å². The van der Waals surface area contributed by atoms with Crippen molar-refractivity contribution < 1.29 is 9.53 Å². The molecular formula is C20H27N3O2. The molecule has 2 rings (SSSR count). The molecule has 0 aliphatic rings. The molecule has 0 bridgehead atoms. The number of carbonyl (C=O) groups excluding carboxylic acids is 1. The Bertz CT molecular complexity index is 642. The summed E-state index contributed by atoms with van der Waals surface area (Å²) in [5.74, 6) is 0.768. The summed E-state index contributed by atoms with van der Waals surface area (Å²) in [4.78, 5) is 18.8. The molecule has 0 atom stereocenters. The minimum absolute atomic E-state index is 0.102. The molecule has 0 aliphatic carbocycles. The molecular weight excluding hydrogens is 314 g/mol. The van der Waals surface area contributed by atoms with Gasteiger partial charge < -0.3 is 15.0 Å². The predicted molar refractivity (Wildman–Crippen MR) is 101 cm³/mol. The van der Waals surface area contributed by atoms with Gasteiger partial charge in [0.15, 0.2) is 0 Å². The van der Waals surface area contributed by atoms with Crippen molar-refractivity contribution in [2.45, 2.75) is 32.9 Å². The van der Waals surface area contributed by atoms with Crippen LogP contribution in [0.3, 0.4) is 0 Å². The molecule has 0 fully saturated rings. The number of pyridine rings is 1. The van der Waals surface area contributed by atoms with Crippen molar-refractivity contribution >= 4 is 11.7 Å². The van der Waals surface area contributed by atoms with Gasteiger partial charge in [-0.15, -0.1) is 0 Å². The Morgan fingerprint density at radius 3 is 2.56 bits per heavy atom. The number of hydrogen-bond acceptors (Lipinski definition) is 4. The van der Waals surface area contributed by atoms with Crippen molar-refractivity contribution in [1.82, 2.24) is 10.3 Å². The van der Waals surface area contributed by atoms with Crippen molar-refractivity contribution in [1.29, 1.82) is 0 Å². The third kappa shape index (κ3) is 5.87. The highest BCUT2D eigenvalue weighted by Gasteiger charge is 2.13. The lowest BCUT2D eigenvalue weighted by atomic mass is 10.2. The predicted octanol–water partition coefficient (Wildman–Crippen LogP) is 3.26. The number of rotatable bonds is 9. The number of anilines is 1. The Kier molecular flexibility index (Phi) is 7.41. The van der Waals surface area contributed by atoms with Gasteiger partial charge in [-0.05, 0) is 38.0 Å². The summed E-state index contributed by atoms with van der Waals surface area (Å²) in [5, 5.41) is 2.87. The van der Waals surface area contributed by atoms with Crippen molar-refractivity contribution in [3.63, 3.8) is 0 Å². The van der Waals surface area contributed by atoms with Gasteiger partial charge in [-0.1, -0.05) is 30.3 Å². The zero-order chi connectivity index (χ0) is 18.1. The first-order valence-electron chi connectivity index (χ1n) is 8.65. The van der Waals surface area contributed by atoms with Gasteiger partial charge in [-0.2, -0.15) is 0 Å². The van der Waals surface area contributed by atoms with E-state index < -0.39 is 0 Å². The number of aromatic nitrogens is 1. The van der Waals surface area contributed by atoms with Crippen molar-refractivity contribution in [3.8, 4) is 0 Å². The monoisotopic (exact) mass is 341 g/mol. The maximum Gasteiger partial charge on any atom is 0.252 e. The van der Waals surface area contributed by atoms with Gasteiger partial charge >= 0.3 is 0 Å². The topological polar surface area (TPSA) is 54.5 Å². The van der Waals surface area contributed by atoms with Gasteiger partial charge in [-0.25, -0.2) is 4.98 Å². The van der Waals surface area contributed by atoms with Crippen LogP contribution in [0.4, 0.5) is 5.82 Å². The van der Waals surface area contributed by atoms with Gasteiger partial charge in [0, 0.05) is 39.0 Å². The van der Waals surface area contributed by atoms with E-state index in [-0.39, 0.29) is 5.91 Å². The van der Waals surface area contributed by atoms with Gasteiger partial charge in [0.25, 0.3) is 5.91 Å². The van der Waals surface area contributed by atoms with Crippen LogP contribution in [0.2, 0.25) is 0 Å². The van der Waals surface area contributed by atoms with Crippen LogP contribution < -0.4 is 10.2 Å². The number of benzene rings is 1. The highest BCUT2D eigenvalue weighted by atomic mass is 16.5. The van der Waals surface area contributed by atoms with Crippen molar-refractivity contribution in [3.05, 3.63) is 59.8 Å². The molecule has 1 aromatic carbocycles. The summed E-state index contributed by atoms with van der Waals surface area (Å²) in [6.07, 6.45) is 2.44. The van der Waals surface area contributed by atoms with Crippen LogP contribution in [0.5, 0.6) is 0 Å². The zero-order valence-electron chi connectivity index (χ0n) is 15.2. The van der Waals surface area contributed by atoms with Crippen LogP contribution in [0.15, 0.2) is 48.7 Å². The Hall–Kier alpha value is -2.40. The highest BCUT2D eigenvalue weighted by Crippen LogP contribution is 2.18. The Morgan fingerprint density at radius 2 is 1.96 bits per heavy atom. The number of hydrogen-bond donors (Lipinski definition) is 1. The van der Waals surface area contributed by atoms with Crippen LogP contribution >= 0.6 is 0 Å². The fourth-order valence-corrected chi connectivity index (χ4v) is 2.52. The fraction of sp³-hybridized carbons (Fsp3) is 0.400. The third-order valence-corrected chi connectivity index (χ3v) is 3.93. The second-order valence-electron chi connectivity index (χ2n) is 6.21. The lowest BCUT2D eigenvalue weighted by Gasteiger charge is -2.28. The first kappa shape index (κ1) is 18.9. The van der Waals surface area contributed by atoms with Crippen molar-refractivity contribution in [2.75, 3.05) is 25.2 Å². The summed E-state index contributed by atoms with van der Waals surface area (Å²) in [6.45, 7) is 6.30. The minimum atomic E-state index is -0.102. The quantitative estimate of drug-likeness (QED) is 0.711. The third-order valence-electron chi connectivity index (χ3n) is 3.93. The molecule has 1 amide bonds. The summed E-state index contributed by atoms with van der Waals surface area (Å²) in [7, 11) is 1.65.